The highest BCUT2D eigenvalue weighted by molar-refractivity contribution is 5.95. The zero-order chi connectivity index (χ0) is 24.4. The van der Waals surface area contributed by atoms with Crippen LogP contribution >= 0.6 is 0 Å². The molecule has 180 valence electrons. The molecule has 4 unspecified atom stereocenters. The lowest BCUT2D eigenvalue weighted by Crippen LogP contribution is -2.58. The molecule has 1 aliphatic heterocycles. The molecule has 1 saturated heterocycles. The Morgan fingerprint density at radius 2 is 1.53 bits per heavy atom. The molecule has 32 heavy (non-hydrogen) atoms. The number of carbonyl (C=O) groups excluding carboxylic acids is 3. The van der Waals surface area contributed by atoms with Gasteiger partial charge in [0.05, 0.1) is 12.5 Å². The van der Waals surface area contributed by atoms with Crippen molar-refractivity contribution in [3.05, 3.63) is 0 Å². The SMILES string of the molecule is CC(C)C(NC(=O)C1CCCN1)C(=O)NC(CCC(=O)O)C(=O)NC(CC(=O)O)C(=O)O. The summed E-state index contributed by atoms with van der Waals surface area (Å²) in [6, 6.07) is -4.68. The monoisotopic (exact) mass is 458 g/mol. The lowest BCUT2D eigenvalue weighted by molar-refractivity contribution is -0.147. The standard InChI is InChI=1S/C19H30N4O9/c1-9(2)15(23-16(28)10-4-3-7-20-10)18(30)21-11(5-6-13(24)25)17(29)22-12(19(31)32)8-14(26)27/h9-12,15,20H,3-8H2,1-2H3,(H,21,30)(H,22,29)(H,23,28)(H,24,25)(H,26,27)(H,31,32). The molecular weight excluding hydrogens is 428 g/mol. The van der Waals surface area contributed by atoms with Crippen molar-refractivity contribution in [3.8, 4) is 0 Å². The maximum atomic E-state index is 12.8. The van der Waals surface area contributed by atoms with Crippen molar-refractivity contribution in [2.24, 2.45) is 5.92 Å². The van der Waals surface area contributed by atoms with E-state index >= 15 is 0 Å². The summed E-state index contributed by atoms with van der Waals surface area (Å²) in [6.45, 7) is 4.02. The molecule has 3 amide bonds. The predicted molar refractivity (Wildman–Crippen MR) is 108 cm³/mol. The van der Waals surface area contributed by atoms with Crippen LogP contribution in [0.15, 0.2) is 0 Å². The second kappa shape index (κ2) is 12.6. The molecule has 0 aromatic rings. The smallest absolute Gasteiger partial charge is 0.326 e. The number of carbonyl (C=O) groups is 6. The number of carboxylic acid groups (broad SMARTS) is 3. The molecule has 13 heteroatoms. The normalized spacial score (nSPS) is 18.3. The van der Waals surface area contributed by atoms with Gasteiger partial charge in [-0.2, -0.15) is 0 Å². The van der Waals surface area contributed by atoms with E-state index in [1.807, 2.05) is 5.32 Å². The summed E-state index contributed by atoms with van der Waals surface area (Å²) in [7, 11) is 0. The summed E-state index contributed by atoms with van der Waals surface area (Å²) >= 11 is 0. The van der Waals surface area contributed by atoms with Crippen molar-refractivity contribution >= 4 is 35.6 Å². The second-order valence-corrected chi connectivity index (χ2v) is 7.87. The van der Waals surface area contributed by atoms with Crippen LogP contribution in [-0.2, 0) is 28.8 Å². The van der Waals surface area contributed by atoms with E-state index in [0.29, 0.717) is 13.0 Å². The van der Waals surface area contributed by atoms with Gasteiger partial charge in [0.15, 0.2) is 0 Å². The largest absolute Gasteiger partial charge is 0.481 e. The average molecular weight is 458 g/mol. The summed E-state index contributed by atoms with van der Waals surface area (Å²) < 4.78 is 0. The van der Waals surface area contributed by atoms with E-state index in [1.54, 1.807) is 13.8 Å². The molecule has 0 aromatic carbocycles. The van der Waals surface area contributed by atoms with Gasteiger partial charge >= 0.3 is 17.9 Å². The minimum absolute atomic E-state index is 0.366. The average Bonchev–Trinajstić information content (AvgIpc) is 3.22. The lowest BCUT2D eigenvalue weighted by atomic mass is 10.0. The number of hydrogen-bond donors (Lipinski definition) is 7. The molecule has 0 bridgehead atoms. The first-order valence-corrected chi connectivity index (χ1v) is 10.2. The van der Waals surface area contributed by atoms with E-state index in [0.717, 1.165) is 6.42 Å². The minimum Gasteiger partial charge on any atom is -0.481 e. The van der Waals surface area contributed by atoms with Crippen LogP contribution in [0.25, 0.3) is 0 Å². The first kappa shape index (κ1) is 26.8. The third kappa shape index (κ3) is 8.88. The van der Waals surface area contributed by atoms with Gasteiger partial charge in [-0.25, -0.2) is 4.79 Å². The second-order valence-electron chi connectivity index (χ2n) is 7.87. The van der Waals surface area contributed by atoms with Gasteiger partial charge in [0, 0.05) is 6.42 Å². The zero-order valence-electron chi connectivity index (χ0n) is 17.9. The molecule has 13 nitrogen and oxygen atoms in total. The molecule has 1 heterocycles. The first-order valence-electron chi connectivity index (χ1n) is 10.2. The molecule has 7 N–H and O–H groups in total. The third-order valence-electron chi connectivity index (χ3n) is 4.90. The van der Waals surface area contributed by atoms with Crippen molar-refractivity contribution in [2.75, 3.05) is 6.54 Å². The molecule has 0 aliphatic carbocycles. The highest BCUT2D eigenvalue weighted by Gasteiger charge is 2.33. The Balaban J connectivity index is 2.92. The quantitative estimate of drug-likeness (QED) is 0.166. The number of carboxylic acids is 3. The number of hydrogen-bond acceptors (Lipinski definition) is 7. The topological polar surface area (TPSA) is 211 Å². The zero-order valence-corrected chi connectivity index (χ0v) is 17.9. The molecule has 0 spiro atoms. The van der Waals surface area contributed by atoms with E-state index in [2.05, 4.69) is 16.0 Å². The minimum atomic E-state index is -1.77. The molecule has 0 radical (unpaired) electrons. The van der Waals surface area contributed by atoms with Gasteiger partial charge < -0.3 is 36.6 Å². The third-order valence-corrected chi connectivity index (χ3v) is 4.90. The van der Waals surface area contributed by atoms with Crippen molar-refractivity contribution in [1.82, 2.24) is 21.3 Å². The van der Waals surface area contributed by atoms with Crippen LogP contribution in [0.3, 0.4) is 0 Å². The number of aliphatic carboxylic acids is 3. The van der Waals surface area contributed by atoms with Crippen LogP contribution in [0.4, 0.5) is 0 Å². The van der Waals surface area contributed by atoms with Gasteiger partial charge in [-0.1, -0.05) is 13.8 Å². The summed E-state index contributed by atoms with van der Waals surface area (Å²) in [5.74, 6) is -6.86. The van der Waals surface area contributed by atoms with Crippen LogP contribution in [0.1, 0.15) is 46.0 Å². The fraction of sp³-hybridized carbons (Fsp3) is 0.684. The van der Waals surface area contributed by atoms with Crippen LogP contribution in [0.2, 0.25) is 0 Å². The molecule has 4 atom stereocenters. The Kier molecular flexibility index (Phi) is 10.5. The van der Waals surface area contributed by atoms with Gasteiger partial charge in [0.2, 0.25) is 17.7 Å². The van der Waals surface area contributed by atoms with Gasteiger partial charge in [0.1, 0.15) is 18.1 Å². The van der Waals surface area contributed by atoms with E-state index in [9.17, 15) is 28.8 Å². The van der Waals surface area contributed by atoms with E-state index in [1.165, 1.54) is 0 Å². The Morgan fingerprint density at radius 3 is 2.00 bits per heavy atom. The molecular formula is C19H30N4O9. The van der Waals surface area contributed by atoms with E-state index < -0.39 is 66.7 Å². The van der Waals surface area contributed by atoms with Crippen molar-refractivity contribution < 1.29 is 44.1 Å². The molecule has 0 saturated carbocycles. The number of amides is 3. The van der Waals surface area contributed by atoms with E-state index in [4.69, 9.17) is 15.3 Å². The Hall–Kier alpha value is -3.22. The molecule has 0 aromatic heterocycles. The van der Waals surface area contributed by atoms with Crippen LogP contribution < -0.4 is 21.3 Å². The summed E-state index contributed by atoms with van der Waals surface area (Å²) in [6.07, 6.45) is -0.355. The van der Waals surface area contributed by atoms with Gasteiger partial charge in [-0.15, -0.1) is 0 Å². The molecule has 1 aliphatic rings. The van der Waals surface area contributed by atoms with Crippen molar-refractivity contribution in [2.45, 2.75) is 70.1 Å². The molecule has 1 fully saturated rings. The highest BCUT2D eigenvalue weighted by atomic mass is 16.4. The Bertz CT molecular complexity index is 734. The number of nitrogens with one attached hydrogen (secondary N) is 4. The van der Waals surface area contributed by atoms with Crippen LogP contribution in [-0.4, -0.2) is 81.7 Å². The summed E-state index contributed by atoms with van der Waals surface area (Å²) in [4.78, 5) is 70.7. The predicted octanol–water partition coefficient (Wildman–Crippen LogP) is -1.73. The fourth-order valence-electron chi connectivity index (χ4n) is 3.14. The van der Waals surface area contributed by atoms with Gasteiger partial charge in [-0.05, 0) is 31.7 Å². The van der Waals surface area contributed by atoms with Gasteiger partial charge in [-0.3, -0.25) is 24.0 Å². The summed E-state index contributed by atoms with van der Waals surface area (Å²) in [5.41, 5.74) is 0. The van der Waals surface area contributed by atoms with Crippen molar-refractivity contribution in [3.63, 3.8) is 0 Å². The summed E-state index contributed by atoms with van der Waals surface area (Å²) in [5, 5.41) is 36.8. The lowest BCUT2D eigenvalue weighted by Gasteiger charge is -2.26. The Labute approximate surface area is 184 Å². The Morgan fingerprint density at radius 1 is 0.906 bits per heavy atom. The highest BCUT2D eigenvalue weighted by Crippen LogP contribution is 2.09. The van der Waals surface area contributed by atoms with Crippen LogP contribution in [0, 0.1) is 5.92 Å². The molecule has 1 rings (SSSR count). The number of rotatable bonds is 13. The maximum absolute atomic E-state index is 12.8. The fourth-order valence-corrected chi connectivity index (χ4v) is 3.14. The van der Waals surface area contributed by atoms with Gasteiger partial charge in [0.25, 0.3) is 0 Å². The first-order chi connectivity index (χ1) is 14.9. The maximum Gasteiger partial charge on any atom is 0.326 e. The van der Waals surface area contributed by atoms with Crippen molar-refractivity contribution in [1.29, 1.82) is 0 Å². The van der Waals surface area contributed by atoms with Crippen LogP contribution in [0.5, 0.6) is 0 Å². The van der Waals surface area contributed by atoms with E-state index in [-0.39, 0.29) is 18.2 Å².